The largest absolute Gasteiger partial charge is 0.481 e. The van der Waals surface area contributed by atoms with Gasteiger partial charge in [-0.05, 0) is 13.0 Å². The van der Waals surface area contributed by atoms with Crippen LogP contribution in [0.25, 0.3) is 0 Å². The molecule has 0 aromatic carbocycles. The highest BCUT2D eigenvalue weighted by Gasteiger charge is 2.09. The van der Waals surface area contributed by atoms with Crippen molar-refractivity contribution in [1.29, 1.82) is 0 Å². The minimum Gasteiger partial charge on any atom is -0.481 e. The summed E-state index contributed by atoms with van der Waals surface area (Å²) in [7, 11) is 3.65. The van der Waals surface area contributed by atoms with Gasteiger partial charge >= 0.3 is 0 Å². The molecule has 0 fully saturated rings. The molecule has 0 saturated heterocycles. The van der Waals surface area contributed by atoms with Crippen LogP contribution in [-0.4, -0.2) is 30.5 Å². The van der Waals surface area contributed by atoms with Crippen LogP contribution in [0.4, 0.5) is 5.82 Å². The van der Waals surface area contributed by atoms with Crippen LogP contribution in [0.1, 0.15) is 6.92 Å². The number of alkyl halides is 1. The van der Waals surface area contributed by atoms with Gasteiger partial charge in [0.05, 0.1) is 7.11 Å². The van der Waals surface area contributed by atoms with Crippen LogP contribution in [0, 0.1) is 0 Å². The number of pyridine rings is 1. The highest BCUT2D eigenvalue weighted by molar-refractivity contribution is 9.09. The van der Waals surface area contributed by atoms with Crippen LogP contribution in [-0.2, 0) is 0 Å². The lowest BCUT2D eigenvalue weighted by Gasteiger charge is -2.24. The molecule has 0 spiro atoms. The summed E-state index contributed by atoms with van der Waals surface area (Å²) in [6, 6.07) is 6.17. The normalized spacial score (nSPS) is 12.3. The molecule has 1 heterocycles. The van der Waals surface area contributed by atoms with Crippen LogP contribution >= 0.6 is 15.9 Å². The molecule has 0 aliphatic heterocycles. The Morgan fingerprint density at radius 3 is 2.86 bits per heavy atom. The summed E-state index contributed by atoms with van der Waals surface area (Å²) < 4.78 is 5.07. The van der Waals surface area contributed by atoms with Crippen molar-refractivity contribution in [3.8, 4) is 5.88 Å². The van der Waals surface area contributed by atoms with Gasteiger partial charge in [-0.25, -0.2) is 0 Å². The smallest absolute Gasteiger partial charge is 0.214 e. The van der Waals surface area contributed by atoms with E-state index in [9.17, 15) is 0 Å². The fourth-order valence-corrected chi connectivity index (χ4v) is 1.48. The highest BCUT2D eigenvalue weighted by Crippen LogP contribution is 2.16. The van der Waals surface area contributed by atoms with E-state index in [1.54, 1.807) is 7.11 Å². The zero-order valence-corrected chi connectivity index (χ0v) is 10.3. The number of hydrogen-bond acceptors (Lipinski definition) is 3. The molecule has 0 aliphatic carbocycles. The Morgan fingerprint density at radius 1 is 1.57 bits per heavy atom. The zero-order chi connectivity index (χ0) is 10.6. The Kier molecular flexibility index (Phi) is 4.20. The quantitative estimate of drug-likeness (QED) is 0.776. The van der Waals surface area contributed by atoms with Crippen molar-refractivity contribution >= 4 is 21.7 Å². The van der Waals surface area contributed by atoms with Crippen molar-refractivity contribution in [3.05, 3.63) is 18.2 Å². The molecule has 4 heteroatoms. The van der Waals surface area contributed by atoms with Gasteiger partial charge in [0.1, 0.15) is 5.82 Å². The van der Waals surface area contributed by atoms with E-state index >= 15 is 0 Å². The molecule has 1 aromatic heterocycles. The third kappa shape index (κ3) is 2.61. The predicted octanol–water partition coefficient (Wildman–Crippen LogP) is 2.31. The fourth-order valence-electron chi connectivity index (χ4n) is 1.04. The molecule has 0 N–H and O–H groups in total. The second kappa shape index (κ2) is 5.20. The summed E-state index contributed by atoms with van der Waals surface area (Å²) in [5.74, 6) is 1.58. The molecule has 14 heavy (non-hydrogen) atoms. The lowest BCUT2D eigenvalue weighted by atomic mass is 10.3. The van der Waals surface area contributed by atoms with E-state index in [1.165, 1.54) is 0 Å². The summed E-state index contributed by atoms with van der Waals surface area (Å²) in [5.41, 5.74) is 0. The van der Waals surface area contributed by atoms with E-state index in [0.29, 0.717) is 11.9 Å². The van der Waals surface area contributed by atoms with E-state index in [-0.39, 0.29) is 0 Å². The van der Waals surface area contributed by atoms with Crippen molar-refractivity contribution in [2.24, 2.45) is 0 Å². The first-order valence-corrected chi connectivity index (χ1v) is 5.61. The average molecular weight is 259 g/mol. The summed E-state index contributed by atoms with van der Waals surface area (Å²) >= 11 is 3.45. The van der Waals surface area contributed by atoms with Crippen molar-refractivity contribution in [3.63, 3.8) is 0 Å². The zero-order valence-electron chi connectivity index (χ0n) is 8.70. The first kappa shape index (κ1) is 11.3. The molecule has 0 aliphatic rings. The molecule has 78 valence electrons. The van der Waals surface area contributed by atoms with Crippen LogP contribution in [0.15, 0.2) is 18.2 Å². The van der Waals surface area contributed by atoms with Crippen LogP contribution in [0.3, 0.4) is 0 Å². The lowest BCUT2D eigenvalue weighted by molar-refractivity contribution is 0.398. The van der Waals surface area contributed by atoms with Gasteiger partial charge in [-0.15, -0.1) is 0 Å². The maximum atomic E-state index is 5.07. The minimum atomic E-state index is 0.412. The second-order valence-corrected chi connectivity index (χ2v) is 3.80. The topological polar surface area (TPSA) is 25.4 Å². The second-order valence-electron chi connectivity index (χ2n) is 3.15. The van der Waals surface area contributed by atoms with Gasteiger partial charge in [0.25, 0.3) is 0 Å². The van der Waals surface area contributed by atoms with E-state index in [2.05, 4.69) is 32.7 Å². The summed E-state index contributed by atoms with van der Waals surface area (Å²) in [4.78, 5) is 6.45. The molecule has 3 nitrogen and oxygen atoms in total. The molecule has 1 unspecified atom stereocenters. The van der Waals surface area contributed by atoms with Crippen molar-refractivity contribution in [2.75, 3.05) is 24.4 Å². The Hall–Kier alpha value is -0.770. The monoisotopic (exact) mass is 258 g/mol. The van der Waals surface area contributed by atoms with Crippen molar-refractivity contribution in [1.82, 2.24) is 4.98 Å². The fraction of sp³-hybridized carbons (Fsp3) is 0.500. The average Bonchev–Trinajstić information content (AvgIpc) is 2.27. The Bertz CT molecular complexity index is 293. The highest BCUT2D eigenvalue weighted by atomic mass is 79.9. The number of rotatable bonds is 4. The number of ether oxygens (including phenoxy) is 1. The molecular formula is C10H15BrN2O. The molecule has 0 bridgehead atoms. The molecule has 1 rings (SSSR count). The molecule has 0 radical (unpaired) electrons. The van der Waals surface area contributed by atoms with E-state index in [4.69, 9.17) is 4.74 Å². The maximum Gasteiger partial charge on any atom is 0.214 e. The van der Waals surface area contributed by atoms with Crippen molar-refractivity contribution in [2.45, 2.75) is 13.0 Å². The predicted molar refractivity (Wildman–Crippen MR) is 62.4 cm³/mol. The molecule has 1 atom stereocenters. The number of hydrogen-bond donors (Lipinski definition) is 0. The van der Waals surface area contributed by atoms with Gasteiger partial charge in [0.15, 0.2) is 0 Å². The SMILES string of the molecule is COc1cccc(N(C)C(C)CBr)n1. The molecule has 0 saturated carbocycles. The summed E-state index contributed by atoms with van der Waals surface area (Å²) in [6.45, 7) is 2.13. The first-order valence-electron chi connectivity index (χ1n) is 4.49. The van der Waals surface area contributed by atoms with Gasteiger partial charge < -0.3 is 9.64 Å². The number of nitrogens with zero attached hydrogens (tertiary/aromatic N) is 2. The van der Waals surface area contributed by atoms with Gasteiger partial charge in [-0.1, -0.05) is 22.0 Å². The Morgan fingerprint density at radius 2 is 2.29 bits per heavy atom. The summed E-state index contributed by atoms with van der Waals surface area (Å²) in [5, 5.41) is 0.919. The molecule has 1 aromatic rings. The maximum absolute atomic E-state index is 5.07. The van der Waals surface area contributed by atoms with Gasteiger partial charge in [-0.2, -0.15) is 4.98 Å². The standard InChI is InChI=1S/C10H15BrN2O/c1-8(7-11)13(2)9-5-4-6-10(12-9)14-3/h4-6,8H,7H2,1-3H3. The number of halogens is 1. The van der Waals surface area contributed by atoms with Crippen molar-refractivity contribution < 1.29 is 4.74 Å². The number of aromatic nitrogens is 1. The van der Waals surface area contributed by atoms with Gasteiger partial charge in [0, 0.05) is 24.5 Å². The van der Waals surface area contributed by atoms with Crippen LogP contribution < -0.4 is 9.64 Å². The Balaban J connectivity index is 2.83. The summed E-state index contributed by atoms with van der Waals surface area (Å²) in [6.07, 6.45) is 0. The first-order chi connectivity index (χ1) is 6.69. The number of methoxy groups -OCH3 is 1. The molecule has 0 amide bonds. The lowest BCUT2D eigenvalue weighted by Crippen LogP contribution is -2.30. The van der Waals surface area contributed by atoms with E-state index in [0.717, 1.165) is 11.1 Å². The van der Waals surface area contributed by atoms with E-state index < -0.39 is 0 Å². The third-order valence-corrected chi connectivity index (χ3v) is 3.10. The van der Waals surface area contributed by atoms with Crippen LogP contribution in [0.2, 0.25) is 0 Å². The Labute approximate surface area is 93.2 Å². The van der Waals surface area contributed by atoms with E-state index in [1.807, 2.05) is 25.2 Å². The molecular weight excluding hydrogens is 244 g/mol. The van der Waals surface area contributed by atoms with Gasteiger partial charge in [-0.3, -0.25) is 0 Å². The van der Waals surface area contributed by atoms with Crippen LogP contribution in [0.5, 0.6) is 5.88 Å². The minimum absolute atomic E-state index is 0.412. The van der Waals surface area contributed by atoms with Gasteiger partial charge in [0.2, 0.25) is 5.88 Å². The third-order valence-electron chi connectivity index (χ3n) is 2.16. The number of anilines is 1.